The number of benzene rings is 2. The van der Waals surface area contributed by atoms with Crippen LogP contribution in [0, 0.1) is 6.92 Å². The lowest BCUT2D eigenvalue weighted by Gasteiger charge is -2.32. The fourth-order valence-electron chi connectivity index (χ4n) is 4.62. The fourth-order valence-corrected chi connectivity index (χ4v) is 4.62. The maximum absolute atomic E-state index is 13.2. The predicted molar refractivity (Wildman–Crippen MR) is 121 cm³/mol. The van der Waals surface area contributed by atoms with Gasteiger partial charge in [0.1, 0.15) is 5.82 Å². The monoisotopic (exact) mass is 416 g/mol. The zero-order valence-electron chi connectivity index (χ0n) is 17.9. The first kappa shape index (κ1) is 19.8. The molecule has 1 fully saturated rings. The van der Waals surface area contributed by atoms with Gasteiger partial charge in [0.25, 0.3) is 5.91 Å². The second-order valence-corrected chi connectivity index (χ2v) is 8.58. The number of aromatic amines is 1. The Hall–Kier alpha value is -3.12. The van der Waals surface area contributed by atoms with E-state index in [2.05, 4.69) is 24.0 Å². The third-order valence-electron chi connectivity index (χ3n) is 6.52. The van der Waals surface area contributed by atoms with Crippen LogP contribution in [0.5, 0.6) is 0 Å². The number of likely N-dealkylation sites (tertiary alicyclic amines) is 1. The highest BCUT2D eigenvalue weighted by Gasteiger charge is 2.25. The van der Waals surface area contributed by atoms with E-state index in [9.17, 15) is 4.79 Å². The minimum atomic E-state index is 0.0941. The van der Waals surface area contributed by atoms with E-state index in [1.807, 2.05) is 35.2 Å². The molecule has 31 heavy (non-hydrogen) atoms. The number of carbonyl (C=O) groups is 1. The van der Waals surface area contributed by atoms with Crippen LogP contribution in [-0.4, -0.2) is 40.5 Å². The molecule has 5 rings (SSSR count). The average Bonchev–Trinajstić information content (AvgIpc) is 3.24. The Bertz CT molecular complexity index is 1070. The van der Waals surface area contributed by atoms with Crippen LogP contribution in [0.1, 0.15) is 51.6 Å². The van der Waals surface area contributed by atoms with Crippen LogP contribution in [0.25, 0.3) is 11.4 Å². The van der Waals surface area contributed by atoms with E-state index in [-0.39, 0.29) is 5.91 Å². The molecule has 0 unspecified atom stereocenters. The summed E-state index contributed by atoms with van der Waals surface area (Å²) in [6.07, 6.45) is 2.77. The molecule has 2 aliphatic rings. The van der Waals surface area contributed by atoms with Crippen LogP contribution in [0.2, 0.25) is 0 Å². The molecular weight excluding hydrogens is 388 g/mol. The van der Waals surface area contributed by atoms with E-state index in [0.717, 1.165) is 71.9 Å². The van der Waals surface area contributed by atoms with E-state index in [1.54, 1.807) is 0 Å². The van der Waals surface area contributed by atoms with Gasteiger partial charge in [0.15, 0.2) is 0 Å². The van der Waals surface area contributed by atoms with Gasteiger partial charge in [0.2, 0.25) is 0 Å². The number of piperidine rings is 1. The Morgan fingerprint density at radius 1 is 1.16 bits per heavy atom. The van der Waals surface area contributed by atoms with Crippen LogP contribution in [0.15, 0.2) is 42.5 Å². The number of nitrogen functional groups attached to an aromatic ring is 1. The van der Waals surface area contributed by atoms with Gasteiger partial charge in [0.05, 0.1) is 24.6 Å². The highest BCUT2D eigenvalue weighted by atomic mass is 16.5. The first-order valence-electron chi connectivity index (χ1n) is 11.0. The first-order valence-corrected chi connectivity index (χ1v) is 11.0. The van der Waals surface area contributed by atoms with Crippen LogP contribution in [0.4, 0.5) is 5.69 Å². The van der Waals surface area contributed by atoms with Gasteiger partial charge in [-0.25, -0.2) is 4.98 Å². The molecule has 1 amide bonds. The number of H-pyrrole nitrogens is 1. The topological polar surface area (TPSA) is 84.2 Å². The molecule has 0 aliphatic carbocycles. The lowest BCUT2D eigenvalue weighted by molar-refractivity contribution is 0.0713. The summed E-state index contributed by atoms with van der Waals surface area (Å²) in [4.78, 5) is 23.4. The number of amides is 1. The summed E-state index contributed by atoms with van der Waals surface area (Å²) < 4.78 is 5.52. The molecule has 6 nitrogen and oxygen atoms in total. The number of carbonyl (C=O) groups excluding carboxylic acids is 1. The standard InChI is InChI=1S/C25H28N4O2/c1-16-2-3-19(14-21(16)24-27-22-10-13-31-15-23(22)28-24)25(30)29-11-8-18(9-12-29)17-4-6-20(26)7-5-17/h2-7,14,18H,8-13,15,26H2,1H3,(H,27,28). The first-order chi connectivity index (χ1) is 15.1. The number of hydrogen-bond donors (Lipinski definition) is 2. The van der Waals surface area contributed by atoms with Crippen molar-refractivity contribution < 1.29 is 9.53 Å². The minimum Gasteiger partial charge on any atom is -0.399 e. The summed E-state index contributed by atoms with van der Waals surface area (Å²) in [5.74, 6) is 1.40. The molecular formula is C25H28N4O2. The minimum absolute atomic E-state index is 0.0941. The van der Waals surface area contributed by atoms with Crippen LogP contribution >= 0.6 is 0 Å². The Morgan fingerprint density at radius 2 is 1.94 bits per heavy atom. The summed E-state index contributed by atoms with van der Waals surface area (Å²) in [7, 11) is 0. The van der Waals surface area contributed by atoms with Crippen molar-refractivity contribution in [3.05, 3.63) is 70.5 Å². The van der Waals surface area contributed by atoms with Crippen molar-refractivity contribution in [1.29, 1.82) is 0 Å². The maximum Gasteiger partial charge on any atom is 0.253 e. The number of hydrogen-bond acceptors (Lipinski definition) is 4. The van der Waals surface area contributed by atoms with Gasteiger partial charge in [-0.3, -0.25) is 4.79 Å². The number of aryl methyl sites for hydroxylation is 1. The third-order valence-corrected chi connectivity index (χ3v) is 6.52. The predicted octanol–water partition coefficient (Wildman–Crippen LogP) is 4.06. The molecule has 1 saturated heterocycles. The third kappa shape index (κ3) is 3.95. The molecule has 3 N–H and O–H groups in total. The molecule has 0 bridgehead atoms. The number of nitrogens with one attached hydrogen (secondary N) is 1. The van der Waals surface area contributed by atoms with E-state index in [4.69, 9.17) is 15.5 Å². The number of nitrogens with two attached hydrogens (primary N) is 1. The molecule has 160 valence electrons. The van der Waals surface area contributed by atoms with E-state index in [0.29, 0.717) is 19.1 Å². The number of aromatic nitrogens is 2. The van der Waals surface area contributed by atoms with Crippen LogP contribution < -0.4 is 5.73 Å². The van der Waals surface area contributed by atoms with Crippen molar-refractivity contribution >= 4 is 11.6 Å². The Labute approximate surface area is 182 Å². The van der Waals surface area contributed by atoms with Crippen molar-refractivity contribution in [3.63, 3.8) is 0 Å². The molecule has 0 saturated carbocycles. The van der Waals surface area contributed by atoms with Crippen molar-refractivity contribution in [2.75, 3.05) is 25.4 Å². The van der Waals surface area contributed by atoms with Crippen molar-refractivity contribution in [2.24, 2.45) is 0 Å². The summed E-state index contributed by atoms with van der Waals surface area (Å²) in [6.45, 7) is 4.87. The van der Waals surface area contributed by atoms with Crippen molar-refractivity contribution in [3.8, 4) is 11.4 Å². The highest BCUT2D eigenvalue weighted by molar-refractivity contribution is 5.95. The quantitative estimate of drug-likeness (QED) is 0.631. The van der Waals surface area contributed by atoms with Gasteiger partial charge in [-0.2, -0.15) is 0 Å². The lowest BCUT2D eigenvalue weighted by atomic mass is 9.89. The van der Waals surface area contributed by atoms with E-state index >= 15 is 0 Å². The maximum atomic E-state index is 13.2. The lowest BCUT2D eigenvalue weighted by Crippen LogP contribution is -2.37. The number of imidazole rings is 1. The van der Waals surface area contributed by atoms with Crippen molar-refractivity contribution in [2.45, 2.75) is 38.7 Å². The van der Waals surface area contributed by atoms with E-state index in [1.165, 1.54) is 5.56 Å². The van der Waals surface area contributed by atoms with Gasteiger partial charge in [-0.1, -0.05) is 18.2 Å². The summed E-state index contributed by atoms with van der Waals surface area (Å²) >= 11 is 0. The molecule has 3 aromatic rings. The number of nitrogens with zero attached hydrogens (tertiary/aromatic N) is 2. The van der Waals surface area contributed by atoms with Gasteiger partial charge in [0, 0.05) is 36.3 Å². The Balaban J connectivity index is 1.31. The van der Waals surface area contributed by atoms with Crippen LogP contribution in [-0.2, 0) is 17.8 Å². The Morgan fingerprint density at radius 3 is 2.68 bits per heavy atom. The molecule has 0 radical (unpaired) electrons. The van der Waals surface area contributed by atoms with E-state index < -0.39 is 0 Å². The second-order valence-electron chi connectivity index (χ2n) is 8.58. The van der Waals surface area contributed by atoms with Gasteiger partial charge in [-0.05, 0) is 61.1 Å². The Kier molecular flexibility index (Phi) is 5.24. The van der Waals surface area contributed by atoms with Gasteiger partial charge >= 0.3 is 0 Å². The number of rotatable bonds is 3. The van der Waals surface area contributed by atoms with Gasteiger partial charge < -0.3 is 20.4 Å². The molecule has 1 aromatic heterocycles. The van der Waals surface area contributed by atoms with Gasteiger partial charge in [-0.15, -0.1) is 0 Å². The summed E-state index contributed by atoms with van der Waals surface area (Å²) in [6, 6.07) is 14.1. The molecule has 2 aromatic carbocycles. The average molecular weight is 417 g/mol. The molecule has 0 spiro atoms. The summed E-state index contributed by atoms with van der Waals surface area (Å²) in [5.41, 5.74) is 12.8. The molecule has 2 aliphatic heterocycles. The summed E-state index contributed by atoms with van der Waals surface area (Å²) in [5, 5.41) is 0. The zero-order chi connectivity index (χ0) is 21.4. The molecule has 3 heterocycles. The molecule has 0 atom stereocenters. The van der Waals surface area contributed by atoms with Crippen molar-refractivity contribution in [1.82, 2.24) is 14.9 Å². The fraction of sp³-hybridized carbons (Fsp3) is 0.360. The zero-order valence-corrected chi connectivity index (χ0v) is 17.9. The second kappa shape index (κ2) is 8.19. The highest BCUT2D eigenvalue weighted by Crippen LogP contribution is 2.30. The van der Waals surface area contributed by atoms with Crippen LogP contribution in [0.3, 0.4) is 0 Å². The number of fused-ring (bicyclic) bond motifs is 1. The number of anilines is 1. The number of ether oxygens (including phenoxy) is 1. The molecule has 6 heteroatoms. The largest absolute Gasteiger partial charge is 0.399 e. The normalized spacial score (nSPS) is 16.9. The smallest absolute Gasteiger partial charge is 0.253 e. The SMILES string of the molecule is Cc1ccc(C(=O)N2CCC(c3ccc(N)cc3)CC2)cc1-c1nc2c([nH]1)COCC2.